The molecule has 1 heteroatoms. The van der Waals surface area contributed by atoms with Gasteiger partial charge in [-0.3, -0.25) is 0 Å². The Bertz CT molecular complexity index is 731. The van der Waals surface area contributed by atoms with E-state index < -0.39 is 0 Å². The number of aryl methyl sites for hydroxylation is 1. The third kappa shape index (κ3) is 7.33. The van der Waals surface area contributed by atoms with E-state index in [-0.39, 0.29) is 0 Å². The molecule has 0 aliphatic carbocycles. The van der Waals surface area contributed by atoms with Gasteiger partial charge in [-0.25, -0.2) is 0 Å². The van der Waals surface area contributed by atoms with Crippen molar-refractivity contribution >= 4 is 0 Å². The van der Waals surface area contributed by atoms with Crippen molar-refractivity contribution in [2.24, 2.45) is 0 Å². The lowest BCUT2D eigenvalue weighted by Gasteiger charge is -2.03. The maximum atomic E-state index is 5.56. The number of allylic oxidation sites excluding steroid dienone is 2. The average Bonchev–Trinajstić information content (AvgIpc) is 2.69. The average molecular weight is 342 g/mol. The van der Waals surface area contributed by atoms with Crippen LogP contribution in [0.3, 0.4) is 0 Å². The summed E-state index contributed by atoms with van der Waals surface area (Å²) in [4.78, 5) is 0. The van der Waals surface area contributed by atoms with E-state index in [4.69, 9.17) is 4.74 Å². The normalized spacial score (nSPS) is 9.92. The minimum absolute atomic E-state index is 0.744. The molecule has 0 N–H and O–H groups in total. The van der Waals surface area contributed by atoms with E-state index >= 15 is 0 Å². The molecule has 2 aromatic rings. The highest BCUT2D eigenvalue weighted by atomic mass is 16.5. The van der Waals surface area contributed by atoms with Crippen molar-refractivity contribution in [3.8, 4) is 29.4 Å². The first-order valence-electron chi connectivity index (χ1n) is 9.31. The van der Waals surface area contributed by atoms with E-state index in [1.54, 1.807) is 12.2 Å². The van der Waals surface area contributed by atoms with Crippen molar-refractivity contribution in [3.05, 3.63) is 77.4 Å². The molecular weight excluding hydrogens is 316 g/mol. The number of ether oxygens (including phenoxy) is 1. The molecule has 0 fully saturated rings. The zero-order valence-electron chi connectivity index (χ0n) is 15.7. The molecule has 132 valence electrons. The Morgan fingerprint density at radius 2 is 1.35 bits per heavy atom. The predicted molar refractivity (Wildman–Crippen MR) is 110 cm³/mol. The molecule has 1 nitrogen and oxygen atoms in total. The highest BCUT2D eigenvalue weighted by Crippen LogP contribution is 2.11. The van der Waals surface area contributed by atoms with Gasteiger partial charge in [0.25, 0.3) is 0 Å². The Hall–Kier alpha value is -2.90. The van der Waals surface area contributed by atoms with E-state index in [0.29, 0.717) is 0 Å². The third-order valence-electron chi connectivity index (χ3n) is 3.78. The molecule has 0 aromatic heterocycles. The number of rotatable bonds is 6. The fraction of sp³-hybridized carbons (Fsp3) is 0.280. The molecule has 0 bridgehead atoms. The lowest BCUT2D eigenvalue weighted by atomic mass is 10.1. The second kappa shape index (κ2) is 11.6. The van der Waals surface area contributed by atoms with Gasteiger partial charge in [0, 0.05) is 11.1 Å². The Morgan fingerprint density at radius 1 is 0.769 bits per heavy atom. The summed E-state index contributed by atoms with van der Waals surface area (Å²) in [6.07, 6.45) is 8.19. The van der Waals surface area contributed by atoms with Crippen LogP contribution in [0.15, 0.2) is 60.7 Å². The van der Waals surface area contributed by atoms with Crippen molar-refractivity contribution in [2.75, 3.05) is 6.61 Å². The van der Waals surface area contributed by atoms with Crippen molar-refractivity contribution in [2.45, 2.75) is 39.5 Å². The van der Waals surface area contributed by atoms with Gasteiger partial charge in [0.05, 0.1) is 6.61 Å². The van der Waals surface area contributed by atoms with Gasteiger partial charge in [0.1, 0.15) is 5.75 Å². The van der Waals surface area contributed by atoms with E-state index in [9.17, 15) is 0 Å². The SMILES string of the molecule is CCCCc1ccc(C#C/C=C/C#Cc2ccc(OCCC)cc2)cc1. The van der Waals surface area contributed by atoms with Crippen LogP contribution in [-0.2, 0) is 6.42 Å². The zero-order chi connectivity index (χ0) is 18.5. The van der Waals surface area contributed by atoms with Crippen molar-refractivity contribution in [3.63, 3.8) is 0 Å². The van der Waals surface area contributed by atoms with Crippen molar-refractivity contribution in [1.82, 2.24) is 0 Å². The lowest BCUT2D eigenvalue weighted by Crippen LogP contribution is -1.94. The molecule has 0 amide bonds. The quantitative estimate of drug-likeness (QED) is 0.605. The Morgan fingerprint density at radius 3 is 1.88 bits per heavy atom. The minimum atomic E-state index is 0.744. The van der Waals surface area contributed by atoms with Gasteiger partial charge in [0.15, 0.2) is 0 Å². The van der Waals surface area contributed by atoms with Crippen LogP contribution < -0.4 is 4.74 Å². The van der Waals surface area contributed by atoms with E-state index in [1.165, 1.54) is 18.4 Å². The van der Waals surface area contributed by atoms with Gasteiger partial charge in [0.2, 0.25) is 0 Å². The van der Waals surface area contributed by atoms with Gasteiger partial charge in [-0.15, -0.1) is 0 Å². The van der Waals surface area contributed by atoms with Gasteiger partial charge in [-0.05, 0) is 73.4 Å². The Labute approximate surface area is 158 Å². The van der Waals surface area contributed by atoms with Gasteiger partial charge in [-0.2, -0.15) is 0 Å². The molecule has 0 saturated carbocycles. The van der Waals surface area contributed by atoms with Crippen LogP contribution in [0.5, 0.6) is 5.75 Å². The molecule has 0 aliphatic rings. The monoisotopic (exact) mass is 342 g/mol. The molecule has 0 spiro atoms. The number of unbranched alkanes of at least 4 members (excludes halogenated alkanes) is 1. The van der Waals surface area contributed by atoms with E-state index in [2.05, 4.69) is 61.8 Å². The van der Waals surface area contributed by atoms with Crippen LogP contribution in [0, 0.1) is 23.7 Å². The van der Waals surface area contributed by atoms with Crippen LogP contribution in [0.4, 0.5) is 0 Å². The van der Waals surface area contributed by atoms with E-state index in [1.807, 2.05) is 24.3 Å². The number of benzene rings is 2. The van der Waals surface area contributed by atoms with Crippen LogP contribution in [0.2, 0.25) is 0 Å². The fourth-order valence-electron chi connectivity index (χ4n) is 2.32. The smallest absolute Gasteiger partial charge is 0.119 e. The maximum Gasteiger partial charge on any atom is 0.119 e. The summed E-state index contributed by atoms with van der Waals surface area (Å²) in [7, 11) is 0. The molecule has 0 aliphatic heterocycles. The molecule has 0 saturated heterocycles. The molecule has 0 heterocycles. The number of hydrogen-bond donors (Lipinski definition) is 0. The summed E-state index contributed by atoms with van der Waals surface area (Å²) in [5.41, 5.74) is 3.38. The van der Waals surface area contributed by atoms with Gasteiger partial charge < -0.3 is 4.74 Å². The second-order valence-electron chi connectivity index (χ2n) is 6.05. The summed E-state index contributed by atoms with van der Waals surface area (Å²) in [6, 6.07) is 16.3. The van der Waals surface area contributed by atoms with Crippen LogP contribution >= 0.6 is 0 Å². The molecule has 0 radical (unpaired) electrons. The molecule has 26 heavy (non-hydrogen) atoms. The first kappa shape index (κ1) is 19.4. The van der Waals surface area contributed by atoms with Crippen molar-refractivity contribution < 1.29 is 4.74 Å². The van der Waals surface area contributed by atoms with Crippen LogP contribution in [0.25, 0.3) is 0 Å². The topological polar surface area (TPSA) is 9.23 Å². The van der Waals surface area contributed by atoms with E-state index in [0.717, 1.165) is 36.3 Å². The minimum Gasteiger partial charge on any atom is -0.494 e. The standard InChI is InChI=1S/C25H26O/c1-3-5-10-22-13-15-23(16-14-22)11-8-6-7-9-12-24-17-19-25(20-18-24)26-21-4-2/h6-7,13-20H,3-5,10,21H2,1-2H3/b7-6+. The maximum absolute atomic E-state index is 5.56. The first-order valence-corrected chi connectivity index (χ1v) is 9.31. The molecule has 0 atom stereocenters. The molecule has 0 unspecified atom stereocenters. The van der Waals surface area contributed by atoms with Gasteiger partial charge in [-0.1, -0.05) is 56.1 Å². The molecule has 2 aromatic carbocycles. The fourth-order valence-corrected chi connectivity index (χ4v) is 2.32. The van der Waals surface area contributed by atoms with Gasteiger partial charge >= 0.3 is 0 Å². The molecular formula is C25H26O. The highest BCUT2D eigenvalue weighted by molar-refractivity contribution is 5.42. The predicted octanol–water partition coefficient (Wildman–Crippen LogP) is 5.78. The van der Waals surface area contributed by atoms with Crippen LogP contribution in [-0.4, -0.2) is 6.61 Å². The summed E-state index contributed by atoms with van der Waals surface area (Å²) in [5.74, 6) is 13.2. The summed E-state index contributed by atoms with van der Waals surface area (Å²) >= 11 is 0. The molecule has 2 rings (SSSR count). The Balaban J connectivity index is 1.84. The largest absolute Gasteiger partial charge is 0.494 e. The Kier molecular flexibility index (Phi) is 8.68. The summed E-state index contributed by atoms with van der Waals surface area (Å²) in [6.45, 7) is 5.05. The first-order chi connectivity index (χ1) is 12.8. The lowest BCUT2D eigenvalue weighted by molar-refractivity contribution is 0.317. The summed E-state index contributed by atoms with van der Waals surface area (Å²) < 4.78 is 5.56. The van der Waals surface area contributed by atoms with Crippen molar-refractivity contribution in [1.29, 1.82) is 0 Å². The highest BCUT2D eigenvalue weighted by Gasteiger charge is 1.92. The second-order valence-corrected chi connectivity index (χ2v) is 6.05. The number of hydrogen-bond acceptors (Lipinski definition) is 1. The zero-order valence-corrected chi connectivity index (χ0v) is 15.7. The third-order valence-corrected chi connectivity index (χ3v) is 3.78. The van der Waals surface area contributed by atoms with Crippen LogP contribution in [0.1, 0.15) is 49.8 Å². The summed E-state index contributed by atoms with van der Waals surface area (Å²) in [5, 5.41) is 0.